The van der Waals surface area contributed by atoms with Gasteiger partial charge in [-0.25, -0.2) is 0 Å². The molecule has 7 heteroatoms. The van der Waals surface area contributed by atoms with Gasteiger partial charge < -0.3 is 24.9 Å². The van der Waals surface area contributed by atoms with Crippen LogP contribution in [0.25, 0.3) is 0 Å². The van der Waals surface area contributed by atoms with Crippen molar-refractivity contribution in [3.63, 3.8) is 0 Å². The Labute approximate surface area is 149 Å². The van der Waals surface area contributed by atoms with Crippen LogP contribution in [0.3, 0.4) is 0 Å². The van der Waals surface area contributed by atoms with E-state index in [1.165, 1.54) is 24.5 Å². The first kappa shape index (κ1) is 17.1. The van der Waals surface area contributed by atoms with E-state index in [2.05, 4.69) is 10.6 Å². The van der Waals surface area contributed by atoms with Crippen molar-refractivity contribution in [2.24, 2.45) is 0 Å². The number of furan rings is 1. The molecule has 7 nitrogen and oxygen atoms in total. The Morgan fingerprint density at radius 2 is 1.81 bits per heavy atom. The lowest BCUT2D eigenvalue weighted by molar-refractivity contribution is -0.118. The van der Waals surface area contributed by atoms with E-state index in [0.29, 0.717) is 11.4 Å². The highest BCUT2D eigenvalue weighted by atomic mass is 16.5. The van der Waals surface area contributed by atoms with Gasteiger partial charge >= 0.3 is 0 Å². The standard InChI is InChI=1S/C19H16N2O5/c22-16-11-13(20-18(23)12-26-14-5-2-1-3-6-14)8-9-15(16)21-19(24)17-7-4-10-25-17/h1-11,22H,12H2,(H,20,23)(H,21,24). The second-order valence-electron chi connectivity index (χ2n) is 5.31. The molecule has 1 heterocycles. The maximum absolute atomic E-state index is 11.9. The predicted octanol–water partition coefficient (Wildman–Crippen LogP) is 3.26. The molecule has 3 N–H and O–H groups in total. The third-order valence-corrected chi connectivity index (χ3v) is 3.39. The number of hydrogen-bond acceptors (Lipinski definition) is 5. The van der Waals surface area contributed by atoms with Crippen LogP contribution in [0.1, 0.15) is 10.6 Å². The maximum Gasteiger partial charge on any atom is 0.291 e. The summed E-state index contributed by atoms with van der Waals surface area (Å²) in [5.41, 5.74) is 0.574. The molecule has 0 aliphatic heterocycles. The number of carbonyl (C=O) groups is 2. The highest BCUT2D eigenvalue weighted by Gasteiger charge is 2.12. The van der Waals surface area contributed by atoms with Crippen molar-refractivity contribution >= 4 is 23.2 Å². The van der Waals surface area contributed by atoms with E-state index in [9.17, 15) is 14.7 Å². The number of aromatic hydroxyl groups is 1. The van der Waals surface area contributed by atoms with Crippen molar-refractivity contribution in [1.29, 1.82) is 0 Å². The summed E-state index contributed by atoms with van der Waals surface area (Å²) < 4.78 is 10.3. The zero-order valence-corrected chi connectivity index (χ0v) is 13.6. The van der Waals surface area contributed by atoms with Crippen LogP contribution in [0, 0.1) is 0 Å². The Bertz CT molecular complexity index is 892. The molecule has 0 fully saturated rings. The van der Waals surface area contributed by atoms with Gasteiger partial charge in [0.1, 0.15) is 11.5 Å². The van der Waals surface area contributed by atoms with Crippen LogP contribution < -0.4 is 15.4 Å². The molecule has 0 saturated heterocycles. The Balaban J connectivity index is 1.57. The van der Waals surface area contributed by atoms with E-state index >= 15 is 0 Å². The second-order valence-corrected chi connectivity index (χ2v) is 5.31. The van der Waals surface area contributed by atoms with Crippen molar-refractivity contribution in [3.8, 4) is 11.5 Å². The zero-order valence-electron chi connectivity index (χ0n) is 13.6. The molecule has 132 valence electrons. The third-order valence-electron chi connectivity index (χ3n) is 3.39. The van der Waals surface area contributed by atoms with Gasteiger partial charge in [0.2, 0.25) is 0 Å². The van der Waals surface area contributed by atoms with Crippen molar-refractivity contribution in [3.05, 3.63) is 72.7 Å². The molecule has 3 aromatic rings. The molecule has 0 atom stereocenters. The number of anilines is 2. The Morgan fingerprint density at radius 1 is 1.00 bits per heavy atom. The molecular formula is C19H16N2O5. The van der Waals surface area contributed by atoms with E-state index in [0.717, 1.165) is 0 Å². The molecule has 26 heavy (non-hydrogen) atoms. The fraction of sp³-hybridized carbons (Fsp3) is 0.0526. The van der Waals surface area contributed by atoms with Gasteiger partial charge in [-0.2, -0.15) is 0 Å². The van der Waals surface area contributed by atoms with Crippen LogP contribution in [-0.2, 0) is 4.79 Å². The zero-order chi connectivity index (χ0) is 18.4. The normalized spacial score (nSPS) is 10.2. The van der Waals surface area contributed by atoms with E-state index in [1.807, 2.05) is 6.07 Å². The van der Waals surface area contributed by atoms with E-state index in [-0.39, 0.29) is 29.7 Å². The first-order chi connectivity index (χ1) is 12.6. The molecule has 3 rings (SSSR count). The number of benzene rings is 2. The number of carbonyl (C=O) groups excluding carboxylic acids is 2. The van der Waals surface area contributed by atoms with Gasteiger partial charge in [0.15, 0.2) is 12.4 Å². The molecule has 2 amide bonds. The average molecular weight is 352 g/mol. The summed E-state index contributed by atoms with van der Waals surface area (Å²) in [6.07, 6.45) is 1.38. The largest absolute Gasteiger partial charge is 0.506 e. The maximum atomic E-state index is 11.9. The van der Waals surface area contributed by atoms with Crippen LogP contribution in [0.4, 0.5) is 11.4 Å². The molecule has 0 saturated carbocycles. The lowest BCUT2D eigenvalue weighted by Crippen LogP contribution is -2.20. The Morgan fingerprint density at radius 3 is 2.50 bits per heavy atom. The molecule has 0 aliphatic carbocycles. The molecule has 1 aromatic heterocycles. The minimum absolute atomic E-state index is 0.125. The molecule has 0 spiro atoms. The lowest BCUT2D eigenvalue weighted by atomic mass is 10.2. The first-order valence-corrected chi connectivity index (χ1v) is 7.77. The van der Waals surface area contributed by atoms with Crippen LogP contribution in [-0.4, -0.2) is 23.5 Å². The fourth-order valence-electron chi connectivity index (χ4n) is 2.17. The third kappa shape index (κ3) is 4.41. The molecule has 0 unspecified atom stereocenters. The lowest BCUT2D eigenvalue weighted by Gasteiger charge is -2.10. The quantitative estimate of drug-likeness (QED) is 0.591. The number of rotatable bonds is 6. The molecular weight excluding hydrogens is 336 g/mol. The van der Waals surface area contributed by atoms with E-state index in [1.54, 1.807) is 36.4 Å². The summed E-state index contributed by atoms with van der Waals surface area (Å²) in [6, 6.07) is 16.4. The summed E-state index contributed by atoms with van der Waals surface area (Å²) in [4.78, 5) is 23.8. The predicted molar refractivity (Wildman–Crippen MR) is 95.3 cm³/mol. The van der Waals surface area contributed by atoms with Crippen molar-refractivity contribution < 1.29 is 23.8 Å². The molecule has 0 radical (unpaired) electrons. The van der Waals surface area contributed by atoms with Crippen LogP contribution in [0.2, 0.25) is 0 Å². The van der Waals surface area contributed by atoms with Gasteiger partial charge in [0.05, 0.1) is 12.0 Å². The van der Waals surface area contributed by atoms with Crippen molar-refractivity contribution in [2.75, 3.05) is 17.2 Å². The Hall–Kier alpha value is -3.74. The van der Waals surface area contributed by atoms with Crippen LogP contribution in [0.5, 0.6) is 11.5 Å². The summed E-state index contributed by atoms with van der Waals surface area (Å²) >= 11 is 0. The average Bonchev–Trinajstić information content (AvgIpc) is 3.18. The number of para-hydroxylation sites is 1. The number of phenols is 1. The van der Waals surface area contributed by atoms with Gasteiger partial charge in [-0.15, -0.1) is 0 Å². The van der Waals surface area contributed by atoms with Crippen LogP contribution in [0.15, 0.2) is 71.3 Å². The first-order valence-electron chi connectivity index (χ1n) is 7.77. The minimum atomic E-state index is -0.488. The number of phenolic OH excluding ortho intramolecular Hbond substituents is 1. The van der Waals surface area contributed by atoms with Gasteiger partial charge in [0.25, 0.3) is 11.8 Å². The number of hydrogen-bond donors (Lipinski definition) is 3. The summed E-state index contributed by atoms with van der Waals surface area (Å²) in [5.74, 6) is -0.341. The van der Waals surface area contributed by atoms with E-state index < -0.39 is 5.91 Å². The molecule has 0 aliphatic rings. The topological polar surface area (TPSA) is 101 Å². The van der Waals surface area contributed by atoms with Crippen molar-refractivity contribution in [2.45, 2.75) is 0 Å². The molecule has 2 aromatic carbocycles. The fourth-order valence-corrected chi connectivity index (χ4v) is 2.17. The summed E-state index contributed by atoms with van der Waals surface area (Å²) in [5, 5.41) is 15.2. The Kier molecular flexibility index (Phi) is 5.19. The molecule has 0 bridgehead atoms. The van der Waals surface area contributed by atoms with Crippen LogP contribution >= 0.6 is 0 Å². The van der Waals surface area contributed by atoms with Crippen molar-refractivity contribution in [1.82, 2.24) is 0 Å². The summed E-state index contributed by atoms with van der Waals surface area (Å²) in [6.45, 7) is -0.165. The van der Waals surface area contributed by atoms with Gasteiger partial charge in [0, 0.05) is 11.8 Å². The van der Waals surface area contributed by atoms with Gasteiger partial charge in [-0.1, -0.05) is 18.2 Å². The minimum Gasteiger partial charge on any atom is -0.506 e. The number of ether oxygens (including phenoxy) is 1. The number of nitrogens with one attached hydrogen (secondary N) is 2. The summed E-state index contributed by atoms with van der Waals surface area (Å²) in [7, 11) is 0. The SMILES string of the molecule is O=C(COc1ccccc1)Nc1ccc(NC(=O)c2ccco2)c(O)c1. The van der Waals surface area contributed by atoms with E-state index in [4.69, 9.17) is 9.15 Å². The number of amides is 2. The second kappa shape index (κ2) is 7.89. The highest BCUT2D eigenvalue weighted by Crippen LogP contribution is 2.27. The monoisotopic (exact) mass is 352 g/mol. The smallest absolute Gasteiger partial charge is 0.291 e. The van der Waals surface area contributed by atoms with Gasteiger partial charge in [-0.3, -0.25) is 9.59 Å². The highest BCUT2D eigenvalue weighted by molar-refractivity contribution is 6.03. The van der Waals surface area contributed by atoms with Gasteiger partial charge in [-0.05, 0) is 36.4 Å².